The standard InChI is InChI=1S/C20H16ClFN4O3S2/c1-11-7-13(22)4-6-15(11)24-18(27)10-30-20-23-9-17-19(25-20)14-5-3-12(21)8-16(14)26(2)31(17,28)29/h3-9H,10H2,1-2H3,(H,24,27). The first kappa shape index (κ1) is 21.5. The third-order valence-electron chi connectivity index (χ3n) is 4.72. The van der Waals surface area contributed by atoms with E-state index in [-0.39, 0.29) is 33.2 Å². The second kappa shape index (κ2) is 8.10. The van der Waals surface area contributed by atoms with Gasteiger partial charge in [0.25, 0.3) is 10.0 Å². The molecular weight excluding hydrogens is 463 g/mol. The predicted octanol–water partition coefficient (Wildman–Crippen LogP) is 4.11. The predicted molar refractivity (Wildman–Crippen MR) is 119 cm³/mol. The van der Waals surface area contributed by atoms with Gasteiger partial charge < -0.3 is 5.32 Å². The maximum atomic E-state index is 13.2. The largest absolute Gasteiger partial charge is 0.325 e. The van der Waals surface area contributed by atoms with Crippen molar-refractivity contribution in [2.24, 2.45) is 0 Å². The van der Waals surface area contributed by atoms with Gasteiger partial charge in [0.1, 0.15) is 10.7 Å². The Balaban J connectivity index is 1.58. The average Bonchev–Trinajstić information content (AvgIpc) is 2.72. The van der Waals surface area contributed by atoms with E-state index in [0.29, 0.717) is 27.5 Å². The number of aromatic nitrogens is 2. The van der Waals surface area contributed by atoms with Crippen molar-refractivity contribution >= 4 is 50.7 Å². The van der Waals surface area contributed by atoms with Crippen LogP contribution >= 0.6 is 23.4 Å². The highest BCUT2D eigenvalue weighted by atomic mass is 35.5. The van der Waals surface area contributed by atoms with Crippen LogP contribution in [0.2, 0.25) is 5.02 Å². The van der Waals surface area contributed by atoms with E-state index in [4.69, 9.17) is 11.6 Å². The maximum absolute atomic E-state index is 13.2. The van der Waals surface area contributed by atoms with Crippen molar-refractivity contribution in [2.75, 3.05) is 22.4 Å². The Bertz CT molecular complexity index is 1320. The van der Waals surface area contributed by atoms with E-state index in [0.717, 1.165) is 16.1 Å². The molecule has 11 heteroatoms. The summed E-state index contributed by atoms with van der Waals surface area (Å²) in [6.07, 6.45) is 1.25. The summed E-state index contributed by atoms with van der Waals surface area (Å²) in [5.74, 6) is -0.703. The molecule has 0 radical (unpaired) electrons. The molecule has 7 nitrogen and oxygen atoms in total. The van der Waals surface area contributed by atoms with E-state index < -0.39 is 10.0 Å². The number of anilines is 2. The molecule has 0 fully saturated rings. The molecule has 2 heterocycles. The molecular formula is C20H16ClFN4O3S2. The van der Waals surface area contributed by atoms with Gasteiger partial charge >= 0.3 is 0 Å². The zero-order valence-corrected chi connectivity index (χ0v) is 18.8. The summed E-state index contributed by atoms with van der Waals surface area (Å²) in [5.41, 5.74) is 2.40. The van der Waals surface area contributed by atoms with Crippen LogP contribution in [0.25, 0.3) is 11.3 Å². The Hall–Kier alpha value is -2.69. The van der Waals surface area contributed by atoms with Crippen molar-refractivity contribution < 1.29 is 17.6 Å². The Morgan fingerprint density at radius 3 is 2.77 bits per heavy atom. The molecule has 160 valence electrons. The number of benzene rings is 2. The molecule has 0 saturated heterocycles. The monoisotopic (exact) mass is 478 g/mol. The molecule has 0 saturated carbocycles. The smallest absolute Gasteiger partial charge is 0.267 e. The summed E-state index contributed by atoms with van der Waals surface area (Å²) in [6.45, 7) is 1.69. The number of carbonyl (C=O) groups excluding carboxylic acids is 1. The van der Waals surface area contributed by atoms with Gasteiger partial charge in [-0.15, -0.1) is 0 Å². The molecule has 31 heavy (non-hydrogen) atoms. The zero-order chi connectivity index (χ0) is 22.3. The number of nitrogens with one attached hydrogen (secondary N) is 1. The van der Waals surface area contributed by atoms with Crippen LogP contribution in [-0.4, -0.2) is 37.1 Å². The third kappa shape index (κ3) is 4.10. The fraction of sp³-hybridized carbons (Fsp3) is 0.150. The van der Waals surface area contributed by atoms with Gasteiger partial charge in [-0.25, -0.2) is 22.8 Å². The minimum absolute atomic E-state index is 0.00424. The molecule has 0 bridgehead atoms. The fourth-order valence-electron chi connectivity index (χ4n) is 3.13. The number of hydrogen-bond donors (Lipinski definition) is 1. The van der Waals surface area contributed by atoms with Crippen molar-refractivity contribution in [3.05, 3.63) is 59.0 Å². The Labute approximate surface area is 187 Å². The van der Waals surface area contributed by atoms with Gasteiger partial charge in [-0.2, -0.15) is 0 Å². The SMILES string of the molecule is Cc1cc(F)ccc1NC(=O)CSc1ncc2c(n1)-c1ccc(Cl)cc1N(C)S2(=O)=O. The summed E-state index contributed by atoms with van der Waals surface area (Å²) >= 11 is 7.11. The minimum atomic E-state index is -3.82. The molecule has 1 aliphatic rings. The van der Waals surface area contributed by atoms with Crippen molar-refractivity contribution in [3.8, 4) is 11.3 Å². The van der Waals surface area contributed by atoms with Crippen LogP contribution in [0.4, 0.5) is 15.8 Å². The van der Waals surface area contributed by atoms with E-state index in [2.05, 4.69) is 15.3 Å². The van der Waals surface area contributed by atoms with Gasteiger partial charge in [0, 0.05) is 23.3 Å². The Morgan fingerprint density at radius 1 is 1.26 bits per heavy atom. The highest BCUT2D eigenvalue weighted by Crippen LogP contribution is 2.42. The first-order valence-corrected chi connectivity index (χ1v) is 11.8. The van der Waals surface area contributed by atoms with Crippen molar-refractivity contribution in [2.45, 2.75) is 17.0 Å². The number of sulfonamides is 1. The van der Waals surface area contributed by atoms with Crippen LogP contribution in [0.5, 0.6) is 0 Å². The summed E-state index contributed by atoms with van der Waals surface area (Å²) < 4.78 is 40.0. The number of fused-ring (bicyclic) bond motifs is 3. The normalized spacial score (nSPS) is 14.0. The van der Waals surface area contributed by atoms with Crippen LogP contribution in [0.15, 0.2) is 52.6 Å². The van der Waals surface area contributed by atoms with E-state index in [9.17, 15) is 17.6 Å². The molecule has 0 atom stereocenters. The van der Waals surface area contributed by atoms with Crippen molar-refractivity contribution in [3.63, 3.8) is 0 Å². The van der Waals surface area contributed by atoms with Crippen LogP contribution in [0, 0.1) is 12.7 Å². The summed E-state index contributed by atoms with van der Waals surface area (Å²) in [6, 6.07) is 9.01. The second-order valence-electron chi connectivity index (χ2n) is 6.80. The summed E-state index contributed by atoms with van der Waals surface area (Å²) in [7, 11) is -2.38. The highest BCUT2D eigenvalue weighted by Gasteiger charge is 2.34. The highest BCUT2D eigenvalue weighted by molar-refractivity contribution is 7.99. The molecule has 1 amide bonds. The minimum Gasteiger partial charge on any atom is -0.325 e. The lowest BCUT2D eigenvalue weighted by atomic mass is 10.1. The number of rotatable bonds is 4. The molecule has 0 spiro atoms. The number of aryl methyl sites for hydroxylation is 1. The molecule has 0 unspecified atom stereocenters. The Morgan fingerprint density at radius 2 is 2.03 bits per heavy atom. The first-order chi connectivity index (χ1) is 14.7. The second-order valence-corrected chi connectivity index (χ2v) is 10.1. The molecule has 1 aromatic heterocycles. The van der Waals surface area contributed by atoms with E-state index in [1.807, 2.05) is 0 Å². The molecule has 1 N–H and O–H groups in total. The molecule has 3 aromatic rings. The van der Waals surface area contributed by atoms with Crippen LogP contribution in [0.3, 0.4) is 0 Å². The quantitative estimate of drug-likeness (QED) is 0.448. The van der Waals surface area contributed by atoms with Gasteiger partial charge in [0.15, 0.2) is 5.16 Å². The maximum Gasteiger partial charge on any atom is 0.267 e. The summed E-state index contributed by atoms with van der Waals surface area (Å²) in [4.78, 5) is 20.8. The lowest BCUT2D eigenvalue weighted by Crippen LogP contribution is -2.31. The number of hydrogen-bond acceptors (Lipinski definition) is 6. The number of amides is 1. The summed E-state index contributed by atoms with van der Waals surface area (Å²) in [5, 5.41) is 3.37. The van der Waals surface area contributed by atoms with Crippen LogP contribution in [-0.2, 0) is 14.8 Å². The van der Waals surface area contributed by atoms with Gasteiger partial charge in [-0.05, 0) is 48.9 Å². The Kier molecular flexibility index (Phi) is 5.63. The van der Waals surface area contributed by atoms with E-state index in [1.165, 1.54) is 31.4 Å². The first-order valence-electron chi connectivity index (χ1n) is 9.01. The average molecular weight is 479 g/mol. The van der Waals surface area contributed by atoms with Gasteiger partial charge in [-0.3, -0.25) is 9.10 Å². The number of thioether (sulfide) groups is 1. The topological polar surface area (TPSA) is 92.3 Å². The fourth-order valence-corrected chi connectivity index (χ4v) is 5.20. The van der Waals surface area contributed by atoms with Gasteiger partial charge in [0.2, 0.25) is 5.91 Å². The lowest BCUT2D eigenvalue weighted by molar-refractivity contribution is -0.113. The number of carbonyl (C=O) groups is 1. The van der Waals surface area contributed by atoms with Crippen molar-refractivity contribution in [1.82, 2.24) is 9.97 Å². The van der Waals surface area contributed by atoms with Crippen LogP contribution < -0.4 is 9.62 Å². The van der Waals surface area contributed by atoms with Gasteiger partial charge in [0.05, 0.1) is 23.3 Å². The van der Waals surface area contributed by atoms with E-state index in [1.54, 1.807) is 25.1 Å². The molecule has 2 aromatic carbocycles. The number of halogens is 2. The molecule has 4 rings (SSSR count). The van der Waals surface area contributed by atoms with Crippen molar-refractivity contribution in [1.29, 1.82) is 0 Å². The van der Waals surface area contributed by atoms with Crippen LogP contribution in [0.1, 0.15) is 5.56 Å². The molecule has 1 aliphatic heterocycles. The number of nitrogens with zero attached hydrogens (tertiary/aromatic N) is 3. The zero-order valence-electron chi connectivity index (χ0n) is 16.4. The third-order valence-corrected chi connectivity index (χ3v) is 7.59. The van der Waals surface area contributed by atoms with E-state index >= 15 is 0 Å². The lowest BCUT2D eigenvalue weighted by Gasteiger charge is -2.28. The van der Waals surface area contributed by atoms with Gasteiger partial charge in [-0.1, -0.05) is 23.4 Å². The molecule has 0 aliphatic carbocycles.